The van der Waals surface area contributed by atoms with Crippen molar-refractivity contribution in [1.82, 2.24) is 4.98 Å². The van der Waals surface area contributed by atoms with Gasteiger partial charge in [-0.3, -0.25) is 0 Å². The summed E-state index contributed by atoms with van der Waals surface area (Å²) in [7, 11) is 0. The van der Waals surface area contributed by atoms with Crippen LogP contribution in [0.5, 0.6) is 0 Å². The molecule has 0 saturated heterocycles. The zero-order chi connectivity index (χ0) is 21.6. The van der Waals surface area contributed by atoms with E-state index in [1.807, 2.05) is 11.8 Å². The van der Waals surface area contributed by atoms with Crippen molar-refractivity contribution in [3.8, 4) is 11.1 Å². The van der Waals surface area contributed by atoms with Gasteiger partial charge in [-0.05, 0) is 51.6 Å². The maximum absolute atomic E-state index is 3.66. The quantitative estimate of drug-likeness (QED) is 0.253. The lowest BCUT2D eigenvalue weighted by atomic mass is 9.67. The third-order valence-electron chi connectivity index (χ3n) is 7.48. The maximum Gasteiger partial charge on any atom is 0.0735 e. The maximum atomic E-state index is 3.66. The predicted molar refractivity (Wildman–Crippen MR) is 137 cm³/mol. The standard InChI is InChI=1S/C31H19NS/c1-4-12-22-19(9-1)20-10-2-5-13-23(20)31(22)24-14-6-8-16-28(24)33-30-25(31)17-18-27-29(30)21-11-3-7-15-26(21)32-27/h1-18,32H. The second-order valence-electron chi connectivity index (χ2n) is 8.97. The largest absolute Gasteiger partial charge is 0.354 e. The Hall–Kier alpha value is -3.75. The van der Waals surface area contributed by atoms with E-state index in [1.54, 1.807) is 0 Å². The number of para-hydroxylation sites is 1. The number of fused-ring (bicyclic) bond motifs is 13. The minimum atomic E-state index is -0.309. The molecule has 2 heteroatoms. The number of hydrogen-bond acceptors (Lipinski definition) is 1. The summed E-state index contributed by atoms with van der Waals surface area (Å²) in [5.41, 5.74) is 10.3. The molecule has 1 aromatic heterocycles. The van der Waals surface area contributed by atoms with E-state index >= 15 is 0 Å². The monoisotopic (exact) mass is 437 g/mol. The number of aromatic nitrogens is 1. The topological polar surface area (TPSA) is 15.8 Å². The van der Waals surface area contributed by atoms with E-state index in [2.05, 4.69) is 114 Å². The van der Waals surface area contributed by atoms with Gasteiger partial charge in [0.1, 0.15) is 0 Å². The Labute approximate surface area is 196 Å². The molecule has 0 saturated carbocycles. The zero-order valence-corrected chi connectivity index (χ0v) is 18.6. The van der Waals surface area contributed by atoms with Crippen LogP contribution in [0.25, 0.3) is 32.9 Å². The summed E-state index contributed by atoms with van der Waals surface area (Å²) in [4.78, 5) is 6.37. The van der Waals surface area contributed by atoms with E-state index in [9.17, 15) is 0 Å². The van der Waals surface area contributed by atoms with E-state index < -0.39 is 0 Å². The molecule has 0 amide bonds. The summed E-state index contributed by atoms with van der Waals surface area (Å²) in [5, 5.41) is 2.63. The van der Waals surface area contributed by atoms with Crippen molar-refractivity contribution in [2.24, 2.45) is 0 Å². The van der Waals surface area contributed by atoms with Crippen molar-refractivity contribution in [3.63, 3.8) is 0 Å². The van der Waals surface area contributed by atoms with Gasteiger partial charge in [0.2, 0.25) is 0 Å². The van der Waals surface area contributed by atoms with E-state index in [1.165, 1.54) is 65.0 Å². The van der Waals surface area contributed by atoms with E-state index in [0.717, 1.165) is 0 Å². The number of benzene rings is 5. The summed E-state index contributed by atoms with van der Waals surface area (Å²) < 4.78 is 0. The minimum Gasteiger partial charge on any atom is -0.354 e. The fourth-order valence-corrected chi connectivity index (χ4v) is 7.60. The zero-order valence-electron chi connectivity index (χ0n) is 17.8. The Morgan fingerprint density at radius 3 is 1.94 bits per heavy atom. The Balaban J connectivity index is 1.62. The first-order chi connectivity index (χ1) is 16.4. The van der Waals surface area contributed by atoms with Crippen LogP contribution in [-0.2, 0) is 5.41 Å². The Bertz CT molecular complexity index is 1710. The van der Waals surface area contributed by atoms with Crippen molar-refractivity contribution in [3.05, 3.63) is 131 Å². The van der Waals surface area contributed by atoms with Gasteiger partial charge in [0.05, 0.1) is 5.41 Å². The third kappa shape index (κ3) is 2.06. The Morgan fingerprint density at radius 2 is 1.15 bits per heavy atom. The van der Waals surface area contributed by atoms with Gasteiger partial charge in [-0.15, -0.1) is 0 Å². The lowest BCUT2D eigenvalue weighted by Gasteiger charge is -2.40. The summed E-state index contributed by atoms with van der Waals surface area (Å²) in [6.07, 6.45) is 0. The summed E-state index contributed by atoms with van der Waals surface area (Å²) in [6.45, 7) is 0. The van der Waals surface area contributed by atoms with Crippen molar-refractivity contribution in [2.75, 3.05) is 0 Å². The van der Waals surface area contributed by atoms with Crippen LogP contribution in [-0.4, -0.2) is 4.98 Å². The number of hydrogen-bond donors (Lipinski definition) is 1. The Kier molecular flexibility index (Phi) is 3.33. The predicted octanol–water partition coefficient (Wildman–Crippen LogP) is 8.15. The fraction of sp³-hybridized carbons (Fsp3) is 0.0323. The van der Waals surface area contributed by atoms with Crippen LogP contribution >= 0.6 is 11.8 Å². The highest BCUT2D eigenvalue weighted by Gasteiger charge is 2.50. The molecule has 154 valence electrons. The highest BCUT2D eigenvalue weighted by Crippen LogP contribution is 2.63. The van der Waals surface area contributed by atoms with Gasteiger partial charge in [0.15, 0.2) is 0 Å². The van der Waals surface area contributed by atoms with Crippen molar-refractivity contribution in [2.45, 2.75) is 15.2 Å². The molecule has 6 aromatic rings. The van der Waals surface area contributed by atoms with Gasteiger partial charge in [-0.2, -0.15) is 0 Å². The second-order valence-corrected chi connectivity index (χ2v) is 10.0. The van der Waals surface area contributed by atoms with Crippen molar-refractivity contribution in [1.29, 1.82) is 0 Å². The molecule has 0 fully saturated rings. The van der Waals surface area contributed by atoms with Crippen LogP contribution < -0.4 is 0 Å². The molecule has 2 heterocycles. The number of H-pyrrole nitrogens is 1. The second kappa shape index (κ2) is 6.18. The molecule has 1 aliphatic heterocycles. The van der Waals surface area contributed by atoms with Crippen LogP contribution in [0.2, 0.25) is 0 Å². The molecule has 0 radical (unpaired) electrons. The van der Waals surface area contributed by atoms with Gasteiger partial charge < -0.3 is 4.98 Å². The lowest BCUT2D eigenvalue weighted by molar-refractivity contribution is 0.726. The number of aromatic amines is 1. The summed E-state index contributed by atoms with van der Waals surface area (Å²) in [5.74, 6) is 0. The molecule has 33 heavy (non-hydrogen) atoms. The molecule has 1 spiro atoms. The van der Waals surface area contributed by atoms with Gasteiger partial charge in [0, 0.05) is 31.6 Å². The van der Waals surface area contributed by atoms with Crippen LogP contribution in [0.4, 0.5) is 0 Å². The summed E-state index contributed by atoms with van der Waals surface area (Å²) in [6, 6.07) is 40.3. The minimum absolute atomic E-state index is 0.309. The molecule has 0 unspecified atom stereocenters. The van der Waals surface area contributed by atoms with Crippen molar-refractivity contribution >= 4 is 33.6 Å². The molecule has 8 rings (SSSR count). The van der Waals surface area contributed by atoms with Crippen LogP contribution in [0.15, 0.2) is 119 Å². The van der Waals surface area contributed by atoms with Gasteiger partial charge in [-0.1, -0.05) is 103 Å². The number of rotatable bonds is 0. The smallest absolute Gasteiger partial charge is 0.0735 e. The van der Waals surface area contributed by atoms with Crippen LogP contribution in [0.1, 0.15) is 22.3 Å². The first-order valence-electron chi connectivity index (χ1n) is 11.4. The van der Waals surface area contributed by atoms with Gasteiger partial charge >= 0.3 is 0 Å². The third-order valence-corrected chi connectivity index (χ3v) is 8.69. The molecule has 5 aromatic carbocycles. The molecule has 2 aliphatic rings. The Morgan fingerprint density at radius 1 is 0.515 bits per heavy atom. The van der Waals surface area contributed by atoms with E-state index in [-0.39, 0.29) is 5.41 Å². The molecule has 1 aliphatic carbocycles. The fourth-order valence-electron chi connectivity index (χ4n) is 6.25. The molecule has 1 N–H and O–H groups in total. The first kappa shape index (κ1) is 17.8. The van der Waals surface area contributed by atoms with E-state index in [0.29, 0.717) is 0 Å². The number of nitrogens with one attached hydrogen (secondary N) is 1. The normalized spacial score (nSPS) is 14.8. The SMILES string of the molecule is c1ccc2c(c1)Sc1c(ccc3[nH]c4ccccc4c13)C21c2ccccc2-c2ccccc21. The average molecular weight is 438 g/mol. The van der Waals surface area contributed by atoms with Gasteiger partial charge in [-0.25, -0.2) is 0 Å². The highest BCUT2D eigenvalue weighted by atomic mass is 32.2. The van der Waals surface area contributed by atoms with Crippen LogP contribution in [0.3, 0.4) is 0 Å². The summed E-state index contributed by atoms with van der Waals surface area (Å²) >= 11 is 1.92. The lowest BCUT2D eigenvalue weighted by Crippen LogP contribution is -2.32. The first-order valence-corrected chi connectivity index (χ1v) is 12.2. The van der Waals surface area contributed by atoms with Gasteiger partial charge in [0.25, 0.3) is 0 Å². The van der Waals surface area contributed by atoms with Crippen LogP contribution in [0, 0.1) is 0 Å². The molecular formula is C31H19NS. The average Bonchev–Trinajstić information content (AvgIpc) is 3.39. The molecule has 1 nitrogen and oxygen atoms in total. The van der Waals surface area contributed by atoms with Crippen molar-refractivity contribution < 1.29 is 0 Å². The van der Waals surface area contributed by atoms with E-state index in [4.69, 9.17) is 0 Å². The molecule has 0 bridgehead atoms. The molecule has 0 atom stereocenters. The highest BCUT2D eigenvalue weighted by molar-refractivity contribution is 7.99. The molecular weight excluding hydrogens is 418 g/mol.